The van der Waals surface area contributed by atoms with Crippen LogP contribution in [-0.4, -0.2) is 17.0 Å². The molecule has 82 valence electrons. The van der Waals surface area contributed by atoms with Gasteiger partial charge in [-0.05, 0) is 43.0 Å². The Balaban J connectivity index is 3.20. The van der Waals surface area contributed by atoms with Crippen molar-refractivity contribution in [3.8, 4) is 12.3 Å². The van der Waals surface area contributed by atoms with E-state index in [1.54, 1.807) is 19.9 Å². The predicted octanol–water partition coefficient (Wildman–Crippen LogP) is 1.57. The van der Waals surface area contributed by atoms with Crippen molar-refractivity contribution in [2.24, 2.45) is 0 Å². The minimum Gasteiger partial charge on any atom is -0.478 e. The zero-order valence-corrected chi connectivity index (χ0v) is 9.00. The van der Waals surface area contributed by atoms with Gasteiger partial charge < -0.3 is 10.4 Å². The molecule has 0 heterocycles. The number of carboxylic acid groups (broad SMARTS) is 1. The number of aromatic carboxylic acids is 1. The Bertz CT molecular complexity index is 498. The van der Waals surface area contributed by atoms with Crippen LogP contribution in [0.3, 0.4) is 0 Å². The van der Waals surface area contributed by atoms with Gasteiger partial charge in [-0.15, -0.1) is 6.42 Å². The van der Waals surface area contributed by atoms with E-state index in [-0.39, 0.29) is 5.56 Å². The fourth-order valence-electron chi connectivity index (χ4n) is 1.32. The third-order valence-electron chi connectivity index (χ3n) is 2.29. The van der Waals surface area contributed by atoms with Crippen molar-refractivity contribution in [3.05, 3.63) is 28.8 Å². The number of benzene rings is 1. The van der Waals surface area contributed by atoms with Crippen molar-refractivity contribution < 1.29 is 14.7 Å². The molecule has 1 aromatic carbocycles. The number of hydrogen-bond acceptors (Lipinski definition) is 2. The van der Waals surface area contributed by atoms with Gasteiger partial charge in [0.1, 0.15) is 0 Å². The van der Waals surface area contributed by atoms with Gasteiger partial charge in [-0.1, -0.05) is 0 Å². The average Bonchev–Trinajstić information content (AvgIpc) is 2.22. The van der Waals surface area contributed by atoms with Crippen LogP contribution in [0, 0.1) is 26.2 Å². The topological polar surface area (TPSA) is 66.4 Å². The second kappa shape index (κ2) is 4.49. The molecule has 4 heteroatoms. The van der Waals surface area contributed by atoms with Gasteiger partial charge >= 0.3 is 5.97 Å². The van der Waals surface area contributed by atoms with Crippen molar-refractivity contribution in [1.82, 2.24) is 0 Å². The van der Waals surface area contributed by atoms with Crippen LogP contribution < -0.4 is 5.32 Å². The van der Waals surface area contributed by atoms with Gasteiger partial charge in [-0.3, -0.25) is 4.79 Å². The number of anilines is 1. The predicted molar refractivity (Wildman–Crippen MR) is 60.3 cm³/mol. The van der Waals surface area contributed by atoms with Gasteiger partial charge in [0.2, 0.25) is 0 Å². The summed E-state index contributed by atoms with van der Waals surface area (Å²) in [6, 6.07) is 3.07. The molecule has 0 spiro atoms. The molecule has 1 aromatic rings. The summed E-state index contributed by atoms with van der Waals surface area (Å²) in [7, 11) is 0. The molecule has 0 saturated heterocycles. The second-order valence-electron chi connectivity index (χ2n) is 3.37. The van der Waals surface area contributed by atoms with E-state index in [1.165, 1.54) is 6.07 Å². The van der Waals surface area contributed by atoms with Gasteiger partial charge in [-0.2, -0.15) is 0 Å². The molecule has 0 radical (unpaired) electrons. The van der Waals surface area contributed by atoms with Gasteiger partial charge in [0.15, 0.2) is 0 Å². The van der Waals surface area contributed by atoms with Crippen LogP contribution in [0.5, 0.6) is 0 Å². The second-order valence-corrected chi connectivity index (χ2v) is 3.37. The molecule has 4 nitrogen and oxygen atoms in total. The lowest BCUT2D eigenvalue weighted by molar-refractivity contribution is -0.111. The Kier molecular flexibility index (Phi) is 3.31. The van der Waals surface area contributed by atoms with Crippen LogP contribution in [0.4, 0.5) is 5.69 Å². The van der Waals surface area contributed by atoms with E-state index in [1.807, 2.05) is 5.92 Å². The van der Waals surface area contributed by atoms with Gasteiger partial charge in [0.25, 0.3) is 5.91 Å². The maximum absolute atomic E-state index is 11.0. The van der Waals surface area contributed by atoms with Gasteiger partial charge in [-0.25, -0.2) is 4.79 Å². The Labute approximate surface area is 93.3 Å². The molecule has 0 saturated carbocycles. The lowest BCUT2D eigenvalue weighted by atomic mass is 10.0. The first-order chi connectivity index (χ1) is 7.45. The summed E-state index contributed by atoms with van der Waals surface area (Å²) in [5, 5.41) is 11.4. The van der Waals surface area contributed by atoms with Crippen LogP contribution in [0.15, 0.2) is 12.1 Å². The highest BCUT2D eigenvalue weighted by molar-refractivity contribution is 6.04. The highest BCUT2D eigenvalue weighted by Crippen LogP contribution is 2.19. The molecular formula is C12H11NO3. The quantitative estimate of drug-likeness (QED) is 0.739. The van der Waals surface area contributed by atoms with Crippen LogP contribution >= 0.6 is 0 Å². The molecule has 1 rings (SSSR count). The minimum atomic E-state index is -1.03. The molecule has 0 fully saturated rings. The molecule has 16 heavy (non-hydrogen) atoms. The number of amides is 1. The first kappa shape index (κ1) is 11.8. The third-order valence-corrected chi connectivity index (χ3v) is 2.29. The third kappa shape index (κ3) is 2.39. The number of carbonyl (C=O) groups is 2. The van der Waals surface area contributed by atoms with Crippen LogP contribution in [0.2, 0.25) is 0 Å². The molecule has 0 aliphatic rings. The standard InChI is InChI=1S/C12H11NO3/c1-4-11(14)13-9-5-7(2)8(3)10(6-9)12(15)16/h1,5-6H,2-3H3,(H,13,14)(H,15,16). The molecule has 0 aliphatic heterocycles. The Morgan fingerprint density at radius 1 is 1.38 bits per heavy atom. The molecule has 0 aromatic heterocycles. The van der Waals surface area contributed by atoms with Crippen molar-refractivity contribution in [1.29, 1.82) is 0 Å². The molecule has 0 unspecified atom stereocenters. The summed E-state index contributed by atoms with van der Waals surface area (Å²) in [6.45, 7) is 3.48. The molecule has 0 atom stereocenters. The zero-order chi connectivity index (χ0) is 12.3. The van der Waals surface area contributed by atoms with Crippen molar-refractivity contribution in [3.63, 3.8) is 0 Å². The van der Waals surface area contributed by atoms with Crippen LogP contribution in [0.1, 0.15) is 21.5 Å². The number of hydrogen-bond donors (Lipinski definition) is 2. The average molecular weight is 217 g/mol. The minimum absolute atomic E-state index is 0.160. The van der Waals surface area contributed by atoms with Crippen molar-refractivity contribution in [2.75, 3.05) is 5.32 Å². The van der Waals surface area contributed by atoms with Crippen LogP contribution in [0.25, 0.3) is 0 Å². The summed E-state index contributed by atoms with van der Waals surface area (Å²) in [5.41, 5.74) is 2.01. The number of carboxylic acids is 1. The summed E-state index contributed by atoms with van der Waals surface area (Å²) in [6.07, 6.45) is 4.91. The lowest BCUT2D eigenvalue weighted by Crippen LogP contribution is -2.10. The van der Waals surface area contributed by atoms with E-state index in [0.717, 1.165) is 5.56 Å². The fraction of sp³-hybridized carbons (Fsp3) is 0.167. The van der Waals surface area contributed by atoms with E-state index in [0.29, 0.717) is 11.3 Å². The molecule has 0 bridgehead atoms. The normalized spacial score (nSPS) is 9.31. The van der Waals surface area contributed by atoms with E-state index in [9.17, 15) is 9.59 Å². The summed E-state index contributed by atoms with van der Waals surface area (Å²) in [4.78, 5) is 21.9. The smallest absolute Gasteiger partial charge is 0.336 e. The zero-order valence-electron chi connectivity index (χ0n) is 9.00. The van der Waals surface area contributed by atoms with Crippen molar-refractivity contribution in [2.45, 2.75) is 13.8 Å². The number of nitrogens with one attached hydrogen (secondary N) is 1. The SMILES string of the molecule is C#CC(=O)Nc1cc(C)c(C)c(C(=O)O)c1. The summed E-state index contributed by atoms with van der Waals surface area (Å²) in [5.74, 6) is 0.271. The number of carbonyl (C=O) groups excluding carboxylic acids is 1. The first-order valence-electron chi connectivity index (χ1n) is 4.58. The van der Waals surface area contributed by atoms with Gasteiger partial charge in [0.05, 0.1) is 5.56 Å². The largest absolute Gasteiger partial charge is 0.478 e. The van der Waals surface area contributed by atoms with E-state index >= 15 is 0 Å². The highest BCUT2D eigenvalue weighted by atomic mass is 16.4. The summed E-state index contributed by atoms with van der Waals surface area (Å²) >= 11 is 0. The molecule has 2 N–H and O–H groups in total. The van der Waals surface area contributed by atoms with E-state index in [2.05, 4.69) is 5.32 Å². The lowest BCUT2D eigenvalue weighted by Gasteiger charge is -2.08. The molecule has 1 amide bonds. The first-order valence-corrected chi connectivity index (χ1v) is 4.58. The Hall–Kier alpha value is -2.28. The number of terminal acetylenes is 1. The van der Waals surface area contributed by atoms with Crippen LogP contribution in [-0.2, 0) is 4.79 Å². The monoisotopic (exact) mass is 217 g/mol. The van der Waals surface area contributed by atoms with Gasteiger partial charge in [0, 0.05) is 5.69 Å². The van der Waals surface area contributed by atoms with E-state index < -0.39 is 11.9 Å². The maximum Gasteiger partial charge on any atom is 0.336 e. The Morgan fingerprint density at radius 3 is 2.50 bits per heavy atom. The molecular weight excluding hydrogens is 206 g/mol. The molecule has 0 aliphatic carbocycles. The van der Waals surface area contributed by atoms with Crippen molar-refractivity contribution >= 4 is 17.6 Å². The van der Waals surface area contributed by atoms with E-state index in [4.69, 9.17) is 11.5 Å². The summed E-state index contributed by atoms with van der Waals surface area (Å²) < 4.78 is 0. The number of rotatable bonds is 2. The number of aryl methyl sites for hydroxylation is 1. The highest BCUT2D eigenvalue weighted by Gasteiger charge is 2.11. The fourth-order valence-corrected chi connectivity index (χ4v) is 1.32. The maximum atomic E-state index is 11.0. The Morgan fingerprint density at radius 2 is 2.00 bits per heavy atom.